The number of amides is 5. The first-order chi connectivity index (χ1) is 27.6. The van der Waals surface area contributed by atoms with Gasteiger partial charge in [0.2, 0.25) is 5.91 Å². The number of piperazine rings is 1. The van der Waals surface area contributed by atoms with Crippen LogP contribution < -0.4 is 15.4 Å². The highest BCUT2D eigenvalue weighted by molar-refractivity contribution is 6.31. The zero-order chi connectivity index (χ0) is 41.3. The second-order valence-corrected chi connectivity index (χ2v) is 18.1. The number of hydrogen-bond donors (Lipinski definition) is 1. The first kappa shape index (κ1) is 39.6. The highest BCUT2D eigenvalue weighted by atomic mass is 35.5. The van der Waals surface area contributed by atoms with Gasteiger partial charge < -0.3 is 15.4 Å². The number of hydrogen-bond acceptors (Lipinski definition) is 10. The number of halogens is 1. The van der Waals surface area contributed by atoms with Crippen LogP contribution in [0, 0.1) is 28.1 Å². The van der Waals surface area contributed by atoms with Crippen LogP contribution in [0.2, 0.25) is 5.02 Å². The normalized spacial score (nSPS) is 27.0. The molecule has 4 heterocycles. The smallest absolute Gasteiger partial charge is 0.269 e. The molecule has 0 radical (unpaired) electrons. The molecular weight excluding hydrogens is 760 g/mol. The molecule has 2 N–H and O–H groups in total. The van der Waals surface area contributed by atoms with Gasteiger partial charge in [0.1, 0.15) is 29.7 Å². The third kappa shape index (κ3) is 6.71. The van der Waals surface area contributed by atoms with E-state index in [1.807, 2.05) is 50.7 Å². The number of carbonyl (C=O) groups excluding carboxylic acids is 5. The van der Waals surface area contributed by atoms with E-state index >= 15 is 0 Å². The van der Waals surface area contributed by atoms with Gasteiger partial charge in [0.15, 0.2) is 0 Å². The molecule has 2 saturated carbocycles. The fourth-order valence-corrected chi connectivity index (χ4v) is 10.9. The number of rotatable bonds is 9. The number of piperidine rings is 1. The average Bonchev–Trinajstić information content (AvgIpc) is 3.79. The molecule has 5 amide bonds. The quantitative estimate of drug-likeness (QED) is 0.288. The van der Waals surface area contributed by atoms with Crippen molar-refractivity contribution in [3.05, 3.63) is 76.1 Å². The Balaban J connectivity index is 0.893. The SMILES string of the molecule is CC1(C)C(Oc2ccc(C#N)c(Cl)c2)C(C)(C)C1N1C(=O)CCC(N2C(=O)c3ccc(N4CCN(CC5CCC(n6ccc(C(N)=O)n6)CC5)CC4)cc3C2=O)C1=O. The van der Waals surface area contributed by atoms with Crippen LogP contribution in [0.25, 0.3) is 0 Å². The molecule has 2 aliphatic carbocycles. The molecule has 14 nitrogen and oxygen atoms in total. The Morgan fingerprint density at radius 2 is 1.59 bits per heavy atom. The minimum Gasteiger partial charge on any atom is -0.489 e. The van der Waals surface area contributed by atoms with Gasteiger partial charge >= 0.3 is 0 Å². The number of aromatic nitrogens is 2. The van der Waals surface area contributed by atoms with Gasteiger partial charge in [0.25, 0.3) is 23.6 Å². The molecule has 304 valence electrons. The topological polar surface area (TPSA) is 175 Å². The maximum Gasteiger partial charge on any atom is 0.269 e. The number of likely N-dealkylation sites (tertiary alicyclic amines) is 1. The van der Waals surface area contributed by atoms with Crippen molar-refractivity contribution in [3.63, 3.8) is 0 Å². The Morgan fingerprint density at radius 3 is 2.22 bits per heavy atom. The predicted octanol–water partition coefficient (Wildman–Crippen LogP) is 5.06. The highest BCUT2D eigenvalue weighted by Crippen LogP contribution is 2.58. The van der Waals surface area contributed by atoms with Gasteiger partial charge in [-0.15, -0.1) is 0 Å². The van der Waals surface area contributed by atoms with Gasteiger partial charge in [0.05, 0.1) is 33.8 Å². The Labute approximate surface area is 342 Å². The zero-order valence-electron chi connectivity index (χ0n) is 33.3. The minimum atomic E-state index is -1.11. The molecule has 3 aliphatic heterocycles. The van der Waals surface area contributed by atoms with Crippen LogP contribution >= 0.6 is 11.6 Å². The molecule has 15 heteroatoms. The van der Waals surface area contributed by atoms with Gasteiger partial charge in [0, 0.05) is 67.9 Å². The lowest BCUT2D eigenvalue weighted by Gasteiger charge is -2.65. The van der Waals surface area contributed by atoms with Gasteiger partial charge in [-0.25, -0.2) is 0 Å². The predicted molar refractivity (Wildman–Crippen MR) is 214 cm³/mol. The molecule has 2 aromatic carbocycles. The van der Waals surface area contributed by atoms with Crippen molar-refractivity contribution >= 4 is 46.8 Å². The summed E-state index contributed by atoms with van der Waals surface area (Å²) in [6, 6.07) is 12.5. The number of primary amides is 1. The molecule has 1 unspecified atom stereocenters. The molecule has 5 aliphatic rings. The number of nitrogens with two attached hydrogens (primary N) is 1. The molecule has 0 spiro atoms. The van der Waals surface area contributed by atoms with Gasteiger partial charge in [-0.1, -0.05) is 39.3 Å². The Morgan fingerprint density at radius 1 is 0.897 bits per heavy atom. The summed E-state index contributed by atoms with van der Waals surface area (Å²) in [5, 5.41) is 13.9. The highest BCUT2D eigenvalue weighted by Gasteiger charge is 2.68. The molecule has 58 heavy (non-hydrogen) atoms. The second kappa shape index (κ2) is 14.8. The summed E-state index contributed by atoms with van der Waals surface area (Å²) in [6.45, 7) is 12.1. The summed E-state index contributed by atoms with van der Waals surface area (Å²) in [5.41, 5.74) is 6.01. The van der Waals surface area contributed by atoms with Crippen molar-refractivity contribution in [2.24, 2.45) is 22.5 Å². The van der Waals surface area contributed by atoms with Crippen LogP contribution in [0.1, 0.15) is 109 Å². The van der Waals surface area contributed by atoms with Crippen LogP contribution in [0.5, 0.6) is 5.75 Å². The second-order valence-electron chi connectivity index (χ2n) is 17.7. The van der Waals surface area contributed by atoms with Crippen LogP contribution in [-0.4, -0.2) is 105 Å². The van der Waals surface area contributed by atoms with Crippen molar-refractivity contribution in [3.8, 4) is 11.8 Å². The maximum absolute atomic E-state index is 14.4. The molecular formula is C43H49ClN8O6. The largest absolute Gasteiger partial charge is 0.489 e. The minimum absolute atomic E-state index is 0.0162. The Hall–Kier alpha value is -5.26. The fourth-order valence-electron chi connectivity index (χ4n) is 10.7. The van der Waals surface area contributed by atoms with E-state index in [4.69, 9.17) is 22.1 Å². The number of anilines is 1. The van der Waals surface area contributed by atoms with Crippen molar-refractivity contribution < 1.29 is 28.7 Å². The van der Waals surface area contributed by atoms with E-state index in [2.05, 4.69) is 14.9 Å². The first-order valence-corrected chi connectivity index (χ1v) is 20.5. The van der Waals surface area contributed by atoms with Crippen molar-refractivity contribution in [2.45, 2.75) is 90.4 Å². The summed E-state index contributed by atoms with van der Waals surface area (Å²) in [7, 11) is 0. The number of fused-ring (bicyclic) bond motifs is 1. The van der Waals surface area contributed by atoms with Crippen molar-refractivity contribution in [1.29, 1.82) is 5.26 Å². The van der Waals surface area contributed by atoms with Gasteiger partial charge in [-0.3, -0.25) is 43.4 Å². The van der Waals surface area contributed by atoms with E-state index in [9.17, 15) is 29.2 Å². The number of ether oxygens (including phenoxy) is 1. The molecule has 0 bridgehead atoms. The third-order valence-corrected chi connectivity index (χ3v) is 13.6. The van der Waals surface area contributed by atoms with Crippen molar-refractivity contribution in [2.75, 3.05) is 37.6 Å². The maximum atomic E-state index is 14.4. The van der Waals surface area contributed by atoms with Crippen molar-refractivity contribution in [1.82, 2.24) is 24.5 Å². The lowest BCUT2D eigenvalue weighted by atomic mass is 9.48. The third-order valence-electron chi connectivity index (χ3n) is 13.3. The van der Waals surface area contributed by atoms with E-state index in [0.29, 0.717) is 22.9 Å². The molecule has 1 aromatic heterocycles. The van der Waals surface area contributed by atoms with Gasteiger partial charge in [-0.05, 0) is 74.4 Å². The average molecular weight is 809 g/mol. The Bertz CT molecular complexity index is 2210. The molecule has 4 fully saturated rings. The summed E-state index contributed by atoms with van der Waals surface area (Å²) in [6.07, 6.45) is 5.69. The van der Waals surface area contributed by atoms with Crippen LogP contribution in [0.15, 0.2) is 48.7 Å². The standard InChI is InChI=1S/C43H49ClN8O6/c1-42(2)40(43(3,4)41(42)58-29-11-7-26(23-45)32(44)22-29)52-35(53)14-13-34(39(52)57)51-37(55)30-12-10-28(21-31(30)38(51)56)49-19-17-48(18-20-49)24-25-5-8-27(9-6-25)50-16-15-33(47-50)36(46)54/h7,10-12,15-16,21-22,25,27,34,40-41H,5-6,8-9,13-14,17-20,24H2,1-4H3,(H2,46,54). The Kier molecular flexibility index (Phi) is 10.1. The zero-order valence-corrected chi connectivity index (χ0v) is 34.1. The summed E-state index contributed by atoms with van der Waals surface area (Å²) in [4.78, 5) is 74.5. The van der Waals surface area contributed by atoms with E-state index in [-0.39, 0.29) is 40.9 Å². The number of benzene rings is 2. The van der Waals surface area contributed by atoms with E-state index in [1.165, 1.54) is 4.90 Å². The number of carbonyl (C=O) groups is 5. The van der Waals surface area contributed by atoms with E-state index < -0.39 is 52.6 Å². The summed E-state index contributed by atoms with van der Waals surface area (Å²) < 4.78 is 8.28. The van der Waals surface area contributed by atoms with E-state index in [1.54, 1.807) is 36.4 Å². The number of imide groups is 2. The van der Waals surface area contributed by atoms with Crippen LogP contribution in [0.4, 0.5) is 5.69 Å². The molecule has 1 atom stereocenters. The molecule has 8 rings (SSSR count). The lowest BCUT2D eigenvalue weighted by Crippen LogP contribution is -2.77. The summed E-state index contributed by atoms with van der Waals surface area (Å²) in [5.74, 6) is -1.39. The molecule has 2 saturated heterocycles. The lowest BCUT2D eigenvalue weighted by molar-refractivity contribution is -0.216. The molecule has 3 aromatic rings. The number of nitrogens with zero attached hydrogens (tertiary/aromatic N) is 7. The number of nitriles is 1. The fraction of sp³-hybridized carbons (Fsp3) is 0.512. The van der Waals surface area contributed by atoms with E-state index in [0.717, 1.165) is 69.0 Å². The summed E-state index contributed by atoms with van der Waals surface area (Å²) >= 11 is 6.27. The van der Waals surface area contributed by atoms with Gasteiger partial charge in [-0.2, -0.15) is 10.4 Å². The van der Waals surface area contributed by atoms with Crippen LogP contribution in [-0.2, 0) is 9.59 Å². The monoisotopic (exact) mass is 808 g/mol. The first-order valence-electron chi connectivity index (χ1n) is 20.2. The van der Waals surface area contributed by atoms with Crippen LogP contribution in [0.3, 0.4) is 0 Å².